The fraction of sp³-hybridized carbons (Fsp3) is 0.263. The zero-order valence-corrected chi connectivity index (χ0v) is 17.4. The summed E-state index contributed by atoms with van der Waals surface area (Å²) in [5.74, 6) is -0.215. The van der Waals surface area contributed by atoms with Crippen molar-refractivity contribution in [3.63, 3.8) is 0 Å². The van der Waals surface area contributed by atoms with E-state index in [2.05, 4.69) is 11.9 Å². The van der Waals surface area contributed by atoms with E-state index in [1.807, 2.05) is 16.8 Å². The molecule has 2 aromatic rings. The topological polar surface area (TPSA) is 118 Å². The van der Waals surface area contributed by atoms with Crippen LogP contribution in [0.15, 0.2) is 47.7 Å². The van der Waals surface area contributed by atoms with Crippen molar-refractivity contribution in [2.75, 3.05) is 25.7 Å². The SMILES string of the molecule is C=CC(=O)N(CC(=O)N[C@@H](Cc1ccsc1)OB(O)O)c1ccc(OC)c(OC)c1. The van der Waals surface area contributed by atoms with Crippen molar-refractivity contribution in [2.45, 2.75) is 12.6 Å². The largest absolute Gasteiger partial charge is 0.635 e. The first-order valence-corrected chi connectivity index (χ1v) is 9.80. The fourth-order valence-corrected chi connectivity index (χ4v) is 3.35. The second-order valence-corrected chi connectivity index (χ2v) is 6.80. The number of carbonyl (C=O) groups is 2. The summed E-state index contributed by atoms with van der Waals surface area (Å²) in [5.41, 5.74) is 1.25. The lowest BCUT2D eigenvalue weighted by atomic mass is 10.2. The van der Waals surface area contributed by atoms with Gasteiger partial charge in [0.1, 0.15) is 12.8 Å². The highest BCUT2D eigenvalue weighted by Gasteiger charge is 2.24. The zero-order chi connectivity index (χ0) is 22.1. The van der Waals surface area contributed by atoms with E-state index < -0.39 is 25.4 Å². The van der Waals surface area contributed by atoms with Gasteiger partial charge in [0.15, 0.2) is 11.5 Å². The third-order valence-electron chi connectivity index (χ3n) is 4.03. The van der Waals surface area contributed by atoms with Crippen molar-refractivity contribution in [3.8, 4) is 11.5 Å². The van der Waals surface area contributed by atoms with Crippen LogP contribution in [0.25, 0.3) is 0 Å². The molecule has 0 saturated heterocycles. The van der Waals surface area contributed by atoms with Crippen LogP contribution < -0.4 is 19.7 Å². The molecule has 1 aromatic carbocycles. The van der Waals surface area contributed by atoms with E-state index >= 15 is 0 Å². The number of anilines is 1. The summed E-state index contributed by atoms with van der Waals surface area (Å²) in [6.07, 6.45) is 0.303. The molecule has 11 heteroatoms. The van der Waals surface area contributed by atoms with Crippen LogP contribution in [-0.2, 0) is 20.7 Å². The lowest BCUT2D eigenvalue weighted by molar-refractivity contribution is -0.124. The molecular formula is C19H23BN2O7S. The number of hydrogen-bond acceptors (Lipinski definition) is 8. The number of methoxy groups -OCH3 is 2. The van der Waals surface area contributed by atoms with Gasteiger partial charge >= 0.3 is 7.32 Å². The van der Waals surface area contributed by atoms with Crippen molar-refractivity contribution in [1.29, 1.82) is 0 Å². The Kier molecular flexibility index (Phi) is 8.87. The molecule has 0 fully saturated rings. The molecule has 160 valence electrons. The third kappa shape index (κ3) is 6.60. The second-order valence-electron chi connectivity index (χ2n) is 6.02. The average molecular weight is 434 g/mol. The van der Waals surface area contributed by atoms with Crippen molar-refractivity contribution in [1.82, 2.24) is 5.32 Å². The Morgan fingerprint density at radius 3 is 2.57 bits per heavy atom. The number of thiophene rings is 1. The van der Waals surface area contributed by atoms with E-state index in [0.717, 1.165) is 11.6 Å². The number of amides is 2. The lowest BCUT2D eigenvalue weighted by Crippen LogP contribution is -2.47. The summed E-state index contributed by atoms with van der Waals surface area (Å²) < 4.78 is 15.4. The van der Waals surface area contributed by atoms with E-state index in [1.165, 1.54) is 30.5 Å². The molecule has 1 atom stereocenters. The van der Waals surface area contributed by atoms with Gasteiger partial charge in [-0.15, -0.1) is 0 Å². The van der Waals surface area contributed by atoms with Crippen LogP contribution in [0.5, 0.6) is 11.5 Å². The molecule has 1 heterocycles. The van der Waals surface area contributed by atoms with Gasteiger partial charge in [-0.05, 0) is 40.6 Å². The molecule has 9 nitrogen and oxygen atoms in total. The highest BCUT2D eigenvalue weighted by molar-refractivity contribution is 7.07. The van der Waals surface area contributed by atoms with Gasteiger partial charge in [0.25, 0.3) is 5.91 Å². The number of benzene rings is 1. The first-order valence-electron chi connectivity index (χ1n) is 8.86. The molecule has 0 aliphatic heterocycles. The Morgan fingerprint density at radius 1 is 1.27 bits per heavy atom. The van der Waals surface area contributed by atoms with Gasteiger partial charge in [-0.2, -0.15) is 11.3 Å². The summed E-state index contributed by atoms with van der Waals surface area (Å²) in [5, 5.41) is 24.5. The van der Waals surface area contributed by atoms with Crippen LogP contribution in [0.3, 0.4) is 0 Å². The molecule has 2 rings (SSSR count). The molecule has 0 spiro atoms. The first kappa shape index (κ1) is 23.4. The predicted molar refractivity (Wildman–Crippen MR) is 113 cm³/mol. The van der Waals surface area contributed by atoms with Crippen molar-refractivity contribution in [3.05, 3.63) is 53.2 Å². The standard InChI is InChI=1S/C19H23BN2O7S/c1-4-19(24)22(14-5-6-15(27-2)16(10-14)28-3)11-17(23)21-18(29-20(25)26)9-13-7-8-30-12-13/h4-8,10,12,18,25-26H,1,9,11H2,2-3H3,(H,21,23)/t18-/m1/s1. The molecule has 2 amide bonds. The van der Waals surface area contributed by atoms with Gasteiger partial charge in [-0.3, -0.25) is 14.5 Å². The summed E-state index contributed by atoms with van der Waals surface area (Å²) in [6, 6.07) is 6.60. The summed E-state index contributed by atoms with van der Waals surface area (Å²) in [7, 11) is 0.882. The van der Waals surface area contributed by atoms with Crippen LogP contribution >= 0.6 is 11.3 Å². The molecule has 0 aliphatic carbocycles. The van der Waals surface area contributed by atoms with Crippen LogP contribution in [0.4, 0.5) is 5.69 Å². The molecule has 0 bridgehead atoms. The summed E-state index contributed by atoms with van der Waals surface area (Å²) in [6.45, 7) is 3.12. The molecule has 0 saturated carbocycles. The van der Waals surface area contributed by atoms with Crippen LogP contribution in [0, 0.1) is 0 Å². The third-order valence-corrected chi connectivity index (χ3v) is 4.76. The smallest absolute Gasteiger partial charge is 0.493 e. The quantitative estimate of drug-likeness (QED) is 0.274. The Morgan fingerprint density at radius 2 is 2.00 bits per heavy atom. The zero-order valence-electron chi connectivity index (χ0n) is 16.6. The van der Waals surface area contributed by atoms with E-state index in [9.17, 15) is 9.59 Å². The average Bonchev–Trinajstić information content (AvgIpc) is 3.23. The number of nitrogens with zero attached hydrogens (tertiary/aromatic N) is 1. The number of nitrogens with one attached hydrogen (secondary N) is 1. The minimum atomic E-state index is -2.06. The summed E-state index contributed by atoms with van der Waals surface area (Å²) >= 11 is 1.46. The number of carbonyl (C=O) groups excluding carboxylic acids is 2. The highest BCUT2D eigenvalue weighted by atomic mass is 32.1. The van der Waals surface area contributed by atoms with Crippen molar-refractivity contribution < 1.29 is 33.8 Å². The maximum Gasteiger partial charge on any atom is 0.635 e. The number of hydrogen-bond donors (Lipinski definition) is 3. The Balaban J connectivity index is 2.17. The summed E-state index contributed by atoms with van der Waals surface area (Å²) in [4.78, 5) is 26.2. The minimum Gasteiger partial charge on any atom is -0.493 e. The van der Waals surface area contributed by atoms with Gasteiger partial charge < -0.3 is 29.5 Å². The minimum absolute atomic E-state index is 0.221. The molecule has 0 aliphatic rings. The monoisotopic (exact) mass is 434 g/mol. The van der Waals surface area contributed by atoms with Crippen LogP contribution in [0.1, 0.15) is 5.56 Å². The Labute approximate surface area is 178 Å². The van der Waals surface area contributed by atoms with Gasteiger partial charge in [-0.25, -0.2) is 0 Å². The van der Waals surface area contributed by atoms with E-state index in [-0.39, 0.29) is 13.0 Å². The lowest BCUT2D eigenvalue weighted by Gasteiger charge is -2.24. The molecular weight excluding hydrogens is 411 g/mol. The first-order chi connectivity index (χ1) is 14.4. The maximum absolute atomic E-state index is 12.6. The molecule has 1 aromatic heterocycles. The predicted octanol–water partition coefficient (Wildman–Crippen LogP) is 0.955. The van der Waals surface area contributed by atoms with Gasteiger partial charge in [-0.1, -0.05) is 6.58 Å². The Hall–Kier alpha value is -2.86. The normalized spacial score (nSPS) is 11.3. The number of ether oxygens (including phenoxy) is 2. The van der Waals surface area contributed by atoms with Crippen LogP contribution in [0.2, 0.25) is 0 Å². The van der Waals surface area contributed by atoms with E-state index in [0.29, 0.717) is 17.2 Å². The van der Waals surface area contributed by atoms with E-state index in [4.69, 9.17) is 24.2 Å². The maximum atomic E-state index is 12.6. The molecule has 30 heavy (non-hydrogen) atoms. The Bertz CT molecular complexity index is 861. The fourth-order valence-electron chi connectivity index (χ4n) is 2.67. The molecule has 0 unspecified atom stereocenters. The van der Waals surface area contributed by atoms with Gasteiger partial charge in [0, 0.05) is 18.2 Å². The van der Waals surface area contributed by atoms with Crippen LogP contribution in [-0.4, -0.2) is 56.2 Å². The highest BCUT2D eigenvalue weighted by Crippen LogP contribution is 2.31. The van der Waals surface area contributed by atoms with Crippen molar-refractivity contribution in [2.24, 2.45) is 0 Å². The number of rotatable bonds is 11. The second kappa shape index (κ2) is 11.4. The van der Waals surface area contributed by atoms with Gasteiger partial charge in [0.2, 0.25) is 5.91 Å². The van der Waals surface area contributed by atoms with Gasteiger partial charge in [0.05, 0.1) is 14.2 Å². The van der Waals surface area contributed by atoms with E-state index in [1.54, 1.807) is 18.2 Å². The molecule has 3 N–H and O–H groups in total. The molecule has 0 radical (unpaired) electrons. The van der Waals surface area contributed by atoms with Crippen molar-refractivity contribution >= 4 is 36.2 Å².